The third-order valence-electron chi connectivity index (χ3n) is 3.37. The van der Waals surface area contributed by atoms with Crippen molar-refractivity contribution in [2.75, 3.05) is 0 Å². The van der Waals surface area contributed by atoms with E-state index in [1.807, 2.05) is 18.2 Å². The Labute approximate surface area is 114 Å². The van der Waals surface area contributed by atoms with E-state index in [1.165, 1.54) is 4.88 Å². The molecule has 1 N–H and O–H groups in total. The molecule has 0 aliphatic heterocycles. The molecule has 0 bridgehead atoms. The molecule has 4 rings (SSSR count). The Morgan fingerprint density at radius 1 is 1.21 bits per heavy atom. The molecule has 1 aromatic carbocycles. The highest BCUT2D eigenvalue weighted by Gasteiger charge is 2.23. The lowest BCUT2D eigenvalue weighted by Gasteiger charge is -2.07. The van der Waals surface area contributed by atoms with Gasteiger partial charge in [-0.1, -0.05) is 12.1 Å². The van der Waals surface area contributed by atoms with Crippen molar-refractivity contribution in [2.45, 2.75) is 12.8 Å². The van der Waals surface area contributed by atoms with E-state index in [9.17, 15) is 5.11 Å². The fourth-order valence-corrected chi connectivity index (χ4v) is 3.54. The number of nitrogens with zero attached hydrogens (tertiary/aromatic N) is 1. The van der Waals surface area contributed by atoms with Gasteiger partial charge in [-0.3, -0.25) is 0 Å². The first kappa shape index (κ1) is 10.8. The van der Waals surface area contributed by atoms with Gasteiger partial charge < -0.3 is 9.52 Å². The van der Waals surface area contributed by atoms with Crippen LogP contribution in [0.4, 0.5) is 0 Å². The summed E-state index contributed by atoms with van der Waals surface area (Å²) >= 11 is 1.70. The maximum atomic E-state index is 9.56. The summed E-state index contributed by atoms with van der Waals surface area (Å²) in [6.07, 6.45) is 3.65. The number of benzene rings is 1. The molecule has 19 heavy (non-hydrogen) atoms. The molecule has 4 heteroatoms. The number of phenolic OH excluding ortho intramolecular Hbond substituents is 1. The van der Waals surface area contributed by atoms with Crippen LogP contribution in [0.5, 0.6) is 5.75 Å². The normalized spacial score (nSPS) is 13.1. The van der Waals surface area contributed by atoms with Crippen LogP contribution in [0.3, 0.4) is 0 Å². The topological polar surface area (TPSA) is 46.3 Å². The van der Waals surface area contributed by atoms with Crippen molar-refractivity contribution < 1.29 is 9.52 Å². The zero-order valence-corrected chi connectivity index (χ0v) is 10.9. The number of hydrogen-bond acceptors (Lipinski definition) is 4. The molecule has 2 heterocycles. The third kappa shape index (κ3) is 1.68. The summed E-state index contributed by atoms with van der Waals surface area (Å²) < 4.78 is 5.47. The average molecular weight is 269 g/mol. The van der Waals surface area contributed by atoms with Crippen LogP contribution >= 0.6 is 11.3 Å². The number of rotatable bonds is 1. The third-order valence-corrected chi connectivity index (χ3v) is 4.53. The number of aryl methyl sites for hydroxylation is 2. The molecule has 1 aliphatic carbocycles. The molecule has 0 unspecified atom stereocenters. The summed E-state index contributed by atoms with van der Waals surface area (Å²) in [6, 6.07) is 9.22. The van der Waals surface area contributed by atoms with Crippen LogP contribution in [-0.4, -0.2) is 10.1 Å². The van der Waals surface area contributed by atoms with E-state index in [0.717, 1.165) is 40.4 Å². The second-order valence-corrected chi connectivity index (χ2v) is 5.68. The lowest BCUT2D eigenvalue weighted by Crippen LogP contribution is -1.98. The Hall–Kier alpha value is -2.07. The number of aromatic hydroxyl groups is 1. The van der Waals surface area contributed by atoms with E-state index < -0.39 is 0 Å². The molecule has 3 aromatic rings. The monoisotopic (exact) mass is 269 g/mol. The minimum Gasteiger partial charge on any atom is -0.508 e. The Balaban J connectivity index is 1.86. The molecular weight excluding hydrogens is 258 g/mol. The van der Waals surface area contributed by atoms with Gasteiger partial charge in [-0.05, 0) is 24.6 Å². The quantitative estimate of drug-likeness (QED) is 0.729. The van der Waals surface area contributed by atoms with E-state index in [0.29, 0.717) is 0 Å². The van der Waals surface area contributed by atoms with Gasteiger partial charge in [0, 0.05) is 22.4 Å². The SMILES string of the molecule is Oc1cccc(-c2nc3c(s2)CCc2occc2-3)c1. The fraction of sp³-hybridized carbons (Fsp3) is 0.133. The Morgan fingerprint density at radius 3 is 3.05 bits per heavy atom. The maximum Gasteiger partial charge on any atom is 0.124 e. The van der Waals surface area contributed by atoms with Crippen molar-refractivity contribution in [1.82, 2.24) is 4.98 Å². The van der Waals surface area contributed by atoms with Crippen molar-refractivity contribution in [3.63, 3.8) is 0 Å². The number of aromatic nitrogens is 1. The van der Waals surface area contributed by atoms with Crippen LogP contribution < -0.4 is 0 Å². The van der Waals surface area contributed by atoms with Gasteiger partial charge in [0.2, 0.25) is 0 Å². The lowest BCUT2D eigenvalue weighted by atomic mass is 10.0. The summed E-state index contributed by atoms with van der Waals surface area (Å²) in [6.45, 7) is 0. The van der Waals surface area contributed by atoms with Crippen molar-refractivity contribution >= 4 is 11.3 Å². The van der Waals surface area contributed by atoms with Crippen molar-refractivity contribution in [3.8, 4) is 27.6 Å². The predicted molar refractivity (Wildman–Crippen MR) is 74.3 cm³/mol. The number of thiazole rings is 1. The zero-order chi connectivity index (χ0) is 12.8. The van der Waals surface area contributed by atoms with Gasteiger partial charge in [-0.25, -0.2) is 4.98 Å². The van der Waals surface area contributed by atoms with Crippen LogP contribution in [0.15, 0.2) is 41.0 Å². The first-order valence-electron chi connectivity index (χ1n) is 6.17. The molecule has 0 spiro atoms. The number of phenols is 1. The highest BCUT2D eigenvalue weighted by Crippen LogP contribution is 2.40. The minimum absolute atomic E-state index is 0.273. The standard InChI is InChI=1S/C15H11NO2S/c17-10-3-1-2-9(8-10)15-16-14-11-6-7-18-12(11)4-5-13(14)19-15/h1-3,6-8,17H,4-5H2. The highest BCUT2D eigenvalue weighted by molar-refractivity contribution is 7.15. The van der Waals surface area contributed by atoms with Gasteiger partial charge in [0.05, 0.1) is 12.0 Å². The molecule has 0 saturated heterocycles. The van der Waals surface area contributed by atoms with E-state index in [1.54, 1.807) is 29.7 Å². The predicted octanol–water partition coefficient (Wildman–Crippen LogP) is 3.87. The number of furan rings is 1. The molecule has 0 atom stereocenters. The first-order valence-corrected chi connectivity index (χ1v) is 6.99. The van der Waals surface area contributed by atoms with E-state index >= 15 is 0 Å². The fourth-order valence-electron chi connectivity index (χ4n) is 2.47. The number of hydrogen-bond donors (Lipinski definition) is 1. The highest BCUT2D eigenvalue weighted by atomic mass is 32.1. The summed E-state index contributed by atoms with van der Waals surface area (Å²) in [7, 11) is 0. The molecule has 0 fully saturated rings. The molecule has 0 amide bonds. The number of fused-ring (bicyclic) bond motifs is 3. The van der Waals surface area contributed by atoms with Gasteiger partial charge >= 0.3 is 0 Å². The molecule has 1 aliphatic rings. The van der Waals surface area contributed by atoms with Crippen molar-refractivity contribution in [2.24, 2.45) is 0 Å². The minimum atomic E-state index is 0.273. The van der Waals surface area contributed by atoms with Crippen LogP contribution in [0.25, 0.3) is 21.8 Å². The molecule has 0 saturated carbocycles. The summed E-state index contributed by atoms with van der Waals surface area (Å²) in [5.74, 6) is 1.30. The van der Waals surface area contributed by atoms with Crippen LogP contribution in [0.2, 0.25) is 0 Å². The van der Waals surface area contributed by atoms with Gasteiger partial charge in [-0.15, -0.1) is 11.3 Å². The Morgan fingerprint density at radius 2 is 2.16 bits per heavy atom. The average Bonchev–Trinajstić information content (AvgIpc) is 3.04. The summed E-state index contributed by atoms with van der Waals surface area (Å²) in [5, 5.41) is 10.5. The smallest absolute Gasteiger partial charge is 0.124 e. The van der Waals surface area contributed by atoms with E-state index in [-0.39, 0.29) is 5.75 Å². The van der Waals surface area contributed by atoms with Crippen molar-refractivity contribution in [1.29, 1.82) is 0 Å². The van der Waals surface area contributed by atoms with Gasteiger partial charge in [-0.2, -0.15) is 0 Å². The molecule has 0 radical (unpaired) electrons. The van der Waals surface area contributed by atoms with Crippen LogP contribution in [0, 0.1) is 0 Å². The Kier molecular flexibility index (Phi) is 2.26. The molecule has 2 aromatic heterocycles. The van der Waals surface area contributed by atoms with E-state index in [4.69, 9.17) is 9.40 Å². The van der Waals surface area contributed by atoms with Gasteiger partial charge in [0.25, 0.3) is 0 Å². The summed E-state index contributed by atoms with van der Waals surface area (Å²) in [5.41, 5.74) is 3.12. The second kappa shape index (κ2) is 3.96. The molecule has 3 nitrogen and oxygen atoms in total. The van der Waals surface area contributed by atoms with Crippen LogP contribution in [0.1, 0.15) is 10.6 Å². The molecular formula is C15H11NO2S. The first-order chi connectivity index (χ1) is 9.31. The van der Waals surface area contributed by atoms with Crippen molar-refractivity contribution in [3.05, 3.63) is 47.2 Å². The zero-order valence-electron chi connectivity index (χ0n) is 10.1. The Bertz CT molecular complexity index is 757. The summed E-state index contributed by atoms with van der Waals surface area (Å²) in [4.78, 5) is 6.02. The molecule has 94 valence electrons. The van der Waals surface area contributed by atoms with Gasteiger partial charge in [0.1, 0.15) is 16.5 Å². The van der Waals surface area contributed by atoms with Gasteiger partial charge in [0.15, 0.2) is 0 Å². The lowest BCUT2D eigenvalue weighted by molar-refractivity contribution is 0.475. The van der Waals surface area contributed by atoms with Crippen LogP contribution in [-0.2, 0) is 12.8 Å². The largest absolute Gasteiger partial charge is 0.508 e. The van der Waals surface area contributed by atoms with E-state index in [2.05, 4.69) is 0 Å². The maximum absolute atomic E-state index is 9.56. The second-order valence-electron chi connectivity index (χ2n) is 4.60.